The van der Waals surface area contributed by atoms with Crippen LogP contribution in [0.2, 0.25) is 0 Å². The number of aromatic amines is 1. The molecule has 0 aromatic carbocycles. The van der Waals surface area contributed by atoms with E-state index in [9.17, 15) is 9.59 Å². The van der Waals surface area contributed by atoms with Crippen LogP contribution in [-0.4, -0.2) is 28.9 Å². The van der Waals surface area contributed by atoms with E-state index in [1.54, 1.807) is 24.0 Å². The Hall–Kier alpha value is -1.62. The monoisotopic (exact) mass is 238 g/mol. The number of carbonyl (C=O) groups is 1. The van der Waals surface area contributed by atoms with Crippen molar-refractivity contribution in [1.82, 2.24) is 9.88 Å². The summed E-state index contributed by atoms with van der Waals surface area (Å²) in [5.41, 5.74) is 0.609. The second-order valence-electron chi connectivity index (χ2n) is 3.26. The van der Waals surface area contributed by atoms with Crippen molar-refractivity contribution in [1.29, 1.82) is 0 Å². The van der Waals surface area contributed by atoms with Crippen molar-refractivity contribution < 1.29 is 4.79 Å². The molecule has 1 aromatic heterocycles. The Morgan fingerprint density at radius 3 is 2.38 bits per heavy atom. The summed E-state index contributed by atoms with van der Waals surface area (Å²) in [4.78, 5) is 27.6. The molecule has 1 heterocycles. The fourth-order valence-electron chi connectivity index (χ4n) is 1.30. The number of rotatable bonds is 5. The number of thiazole rings is 1. The number of hydrogen-bond acceptors (Lipinski definition) is 3. The standard InChI is InChI=1S/C11H14N2O2S/c1-4-6-13(7-5-2)10(14)9-8(3)12-11(15)16-9/h4-5H,1-2,6-7H2,3H3,(H,12,15). The van der Waals surface area contributed by atoms with Gasteiger partial charge in [-0.25, -0.2) is 0 Å². The summed E-state index contributed by atoms with van der Waals surface area (Å²) in [6, 6.07) is 0. The summed E-state index contributed by atoms with van der Waals surface area (Å²) >= 11 is 0.932. The summed E-state index contributed by atoms with van der Waals surface area (Å²) in [5.74, 6) is -0.166. The van der Waals surface area contributed by atoms with Crippen LogP contribution < -0.4 is 4.87 Å². The van der Waals surface area contributed by atoms with Gasteiger partial charge in [0.25, 0.3) is 5.91 Å². The minimum absolute atomic E-state index is 0.166. The van der Waals surface area contributed by atoms with Crippen molar-refractivity contribution in [2.45, 2.75) is 6.92 Å². The second-order valence-corrected chi connectivity index (χ2v) is 4.24. The molecule has 1 rings (SSSR count). The Morgan fingerprint density at radius 1 is 1.44 bits per heavy atom. The van der Waals surface area contributed by atoms with Gasteiger partial charge in [0.1, 0.15) is 4.88 Å². The van der Waals surface area contributed by atoms with Crippen LogP contribution in [0.15, 0.2) is 30.1 Å². The maximum atomic E-state index is 12.0. The van der Waals surface area contributed by atoms with E-state index in [1.807, 2.05) is 0 Å². The highest BCUT2D eigenvalue weighted by atomic mass is 32.1. The lowest BCUT2D eigenvalue weighted by atomic mass is 10.3. The third-order valence-electron chi connectivity index (χ3n) is 2.01. The first kappa shape index (κ1) is 12.4. The van der Waals surface area contributed by atoms with E-state index in [0.29, 0.717) is 23.7 Å². The molecular formula is C11H14N2O2S. The molecule has 0 fully saturated rings. The van der Waals surface area contributed by atoms with Gasteiger partial charge in [0.05, 0.1) is 0 Å². The van der Waals surface area contributed by atoms with Crippen LogP contribution in [0, 0.1) is 6.92 Å². The van der Waals surface area contributed by atoms with Crippen molar-refractivity contribution in [3.05, 3.63) is 45.5 Å². The van der Waals surface area contributed by atoms with E-state index in [0.717, 1.165) is 11.3 Å². The van der Waals surface area contributed by atoms with Crippen molar-refractivity contribution in [3.63, 3.8) is 0 Å². The zero-order chi connectivity index (χ0) is 12.1. The zero-order valence-electron chi connectivity index (χ0n) is 9.16. The first-order chi connectivity index (χ1) is 7.60. The van der Waals surface area contributed by atoms with Crippen molar-refractivity contribution >= 4 is 17.2 Å². The molecular weight excluding hydrogens is 224 g/mol. The summed E-state index contributed by atoms with van der Waals surface area (Å²) in [7, 11) is 0. The molecule has 86 valence electrons. The van der Waals surface area contributed by atoms with Crippen LogP contribution in [0.5, 0.6) is 0 Å². The van der Waals surface area contributed by atoms with Gasteiger partial charge >= 0.3 is 4.87 Å². The summed E-state index contributed by atoms with van der Waals surface area (Å²) < 4.78 is 0. The number of nitrogens with zero attached hydrogens (tertiary/aromatic N) is 1. The quantitative estimate of drug-likeness (QED) is 0.791. The first-order valence-electron chi connectivity index (χ1n) is 4.81. The van der Waals surface area contributed by atoms with E-state index < -0.39 is 0 Å². The Morgan fingerprint density at radius 2 is 2.00 bits per heavy atom. The van der Waals surface area contributed by atoms with Gasteiger partial charge in [0.15, 0.2) is 0 Å². The van der Waals surface area contributed by atoms with Crippen molar-refractivity contribution in [2.24, 2.45) is 0 Å². The molecule has 1 amide bonds. The van der Waals surface area contributed by atoms with Gasteiger partial charge in [-0.2, -0.15) is 0 Å². The average Bonchev–Trinajstić information content (AvgIpc) is 2.56. The lowest BCUT2D eigenvalue weighted by Gasteiger charge is -2.18. The molecule has 0 atom stereocenters. The Balaban J connectivity index is 2.97. The zero-order valence-corrected chi connectivity index (χ0v) is 9.97. The van der Waals surface area contributed by atoms with E-state index in [4.69, 9.17) is 0 Å². The maximum Gasteiger partial charge on any atom is 0.305 e. The molecule has 4 nitrogen and oxygen atoms in total. The van der Waals surface area contributed by atoms with E-state index in [1.165, 1.54) is 0 Å². The van der Waals surface area contributed by atoms with Crippen LogP contribution in [0.4, 0.5) is 0 Å². The normalized spacial score (nSPS) is 9.81. The predicted molar refractivity (Wildman–Crippen MR) is 66.0 cm³/mol. The largest absolute Gasteiger partial charge is 0.330 e. The molecule has 0 bridgehead atoms. The van der Waals surface area contributed by atoms with Crippen LogP contribution >= 0.6 is 11.3 Å². The minimum atomic E-state index is -0.210. The number of hydrogen-bond donors (Lipinski definition) is 1. The van der Waals surface area contributed by atoms with Crippen LogP contribution in [0.25, 0.3) is 0 Å². The lowest BCUT2D eigenvalue weighted by Crippen LogP contribution is -2.31. The molecule has 5 heteroatoms. The number of amides is 1. The molecule has 0 spiro atoms. The number of nitrogens with one attached hydrogen (secondary N) is 1. The van der Waals surface area contributed by atoms with E-state index in [-0.39, 0.29) is 10.8 Å². The number of aryl methyl sites for hydroxylation is 1. The van der Waals surface area contributed by atoms with Gasteiger partial charge in [0.2, 0.25) is 0 Å². The maximum absolute atomic E-state index is 12.0. The number of H-pyrrole nitrogens is 1. The van der Waals surface area contributed by atoms with E-state index >= 15 is 0 Å². The minimum Gasteiger partial charge on any atom is -0.330 e. The summed E-state index contributed by atoms with van der Waals surface area (Å²) in [6.45, 7) is 9.78. The lowest BCUT2D eigenvalue weighted by molar-refractivity contribution is 0.0794. The van der Waals surface area contributed by atoms with Gasteiger partial charge in [0, 0.05) is 18.8 Å². The van der Waals surface area contributed by atoms with Gasteiger partial charge in [-0.05, 0) is 6.92 Å². The molecule has 0 aliphatic rings. The molecule has 0 radical (unpaired) electrons. The highest BCUT2D eigenvalue weighted by Gasteiger charge is 2.18. The number of carbonyl (C=O) groups excluding carboxylic acids is 1. The summed E-state index contributed by atoms with van der Waals surface area (Å²) in [5, 5.41) is 0. The van der Waals surface area contributed by atoms with E-state index in [2.05, 4.69) is 18.1 Å². The smallest absolute Gasteiger partial charge is 0.305 e. The third-order valence-corrected chi connectivity index (χ3v) is 2.98. The van der Waals surface area contributed by atoms with Crippen molar-refractivity contribution in [2.75, 3.05) is 13.1 Å². The third kappa shape index (κ3) is 2.70. The summed E-state index contributed by atoms with van der Waals surface area (Å²) in [6.07, 6.45) is 3.29. The molecule has 0 saturated carbocycles. The molecule has 0 aliphatic carbocycles. The Labute approximate surface area is 97.9 Å². The molecule has 0 unspecified atom stereocenters. The van der Waals surface area contributed by atoms with Crippen molar-refractivity contribution in [3.8, 4) is 0 Å². The molecule has 16 heavy (non-hydrogen) atoms. The van der Waals surface area contributed by atoms with Gasteiger partial charge < -0.3 is 9.88 Å². The second kappa shape index (κ2) is 5.46. The highest BCUT2D eigenvalue weighted by Crippen LogP contribution is 2.11. The number of aromatic nitrogens is 1. The van der Waals surface area contributed by atoms with Crippen LogP contribution in [0.3, 0.4) is 0 Å². The Kier molecular flexibility index (Phi) is 4.25. The fourth-order valence-corrected chi connectivity index (χ4v) is 2.11. The molecule has 1 N–H and O–H groups in total. The van der Waals surface area contributed by atoms with Gasteiger partial charge in [-0.15, -0.1) is 13.2 Å². The van der Waals surface area contributed by atoms with Gasteiger partial charge in [-0.1, -0.05) is 23.5 Å². The molecule has 0 aliphatic heterocycles. The van der Waals surface area contributed by atoms with Crippen LogP contribution in [0.1, 0.15) is 15.4 Å². The molecule has 1 aromatic rings. The van der Waals surface area contributed by atoms with Gasteiger partial charge in [-0.3, -0.25) is 9.59 Å². The topological polar surface area (TPSA) is 53.2 Å². The molecule has 0 saturated heterocycles. The first-order valence-corrected chi connectivity index (χ1v) is 5.62. The predicted octanol–water partition coefficient (Wildman–Crippen LogP) is 1.56. The average molecular weight is 238 g/mol. The highest BCUT2D eigenvalue weighted by molar-refractivity contribution is 7.11. The SMILES string of the molecule is C=CCN(CC=C)C(=O)c1sc(=O)[nH]c1C. The Bertz CT molecular complexity index is 449. The fraction of sp³-hybridized carbons (Fsp3) is 0.273. The van der Waals surface area contributed by atoms with Crippen LogP contribution in [-0.2, 0) is 0 Å².